The van der Waals surface area contributed by atoms with Crippen molar-refractivity contribution in [2.75, 3.05) is 6.54 Å². The highest BCUT2D eigenvalue weighted by Crippen LogP contribution is 2.36. The van der Waals surface area contributed by atoms with Gasteiger partial charge in [-0.05, 0) is 24.5 Å². The fourth-order valence-corrected chi connectivity index (χ4v) is 3.10. The van der Waals surface area contributed by atoms with Crippen LogP contribution in [0.15, 0.2) is 30.3 Å². The average Bonchev–Trinajstić information content (AvgIpc) is 2.78. The van der Waals surface area contributed by atoms with E-state index in [-0.39, 0.29) is 5.91 Å². The molecule has 4 rings (SSSR count). The maximum absolute atomic E-state index is 11.9. The molecule has 2 aliphatic rings. The average molecular weight is 238 g/mol. The Morgan fingerprint density at radius 1 is 1.17 bits per heavy atom. The van der Waals surface area contributed by atoms with Crippen LogP contribution >= 0.6 is 0 Å². The number of fused-ring (bicyclic) bond motifs is 5. The van der Waals surface area contributed by atoms with Gasteiger partial charge in [-0.3, -0.25) is 4.79 Å². The summed E-state index contributed by atoms with van der Waals surface area (Å²) in [5.74, 6) is 0.261. The molecule has 1 aromatic carbocycles. The fraction of sp³-hybridized carbons (Fsp3) is 0.267. The van der Waals surface area contributed by atoms with Gasteiger partial charge in [0.2, 0.25) is 5.91 Å². The first kappa shape index (κ1) is 9.95. The van der Waals surface area contributed by atoms with Crippen molar-refractivity contribution in [1.29, 1.82) is 0 Å². The third kappa shape index (κ3) is 1.22. The lowest BCUT2D eigenvalue weighted by molar-refractivity contribution is -0.128. The van der Waals surface area contributed by atoms with Gasteiger partial charge in [0.05, 0.1) is 11.4 Å². The van der Waals surface area contributed by atoms with Crippen LogP contribution in [0.3, 0.4) is 0 Å². The molecule has 0 aliphatic carbocycles. The number of hydrogen-bond donors (Lipinski definition) is 1. The molecule has 2 aliphatic heterocycles. The number of para-hydroxylation sites is 1. The Labute approximate surface area is 105 Å². The summed E-state index contributed by atoms with van der Waals surface area (Å²) in [6.45, 7) is 0.819. The summed E-state index contributed by atoms with van der Waals surface area (Å²) in [6, 6.07) is 8.38. The molecule has 0 saturated heterocycles. The van der Waals surface area contributed by atoms with E-state index < -0.39 is 0 Å². The summed E-state index contributed by atoms with van der Waals surface area (Å²) in [4.78, 5) is 17.3. The Hall–Kier alpha value is -2.03. The van der Waals surface area contributed by atoms with E-state index in [2.05, 4.69) is 29.3 Å². The van der Waals surface area contributed by atoms with E-state index in [9.17, 15) is 4.79 Å². The molecule has 1 aromatic heterocycles. The number of allylic oxidation sites excluding steroid dienone is 1. The first-order valence-electron chi connectivity index (χ1n) is 6.45. The zero-order valence-electron chi connectivity index (χ0n) is 10.1. The zero-order valence-corrected chi connectivity index (χ0v) is 10.1. The summed E-state index contributed by atoms with van der Waals surface area (Å²) in [5, 5.41) is 1.30. The van der Waals surface area contributed by atoms with Gasteiger partial charge >= 0.3 is 0 Å². The third-order valence-electron chi connectivity index (χ3n) is 3.94. The van der Waals surface area contributed by atoms with Crippen molar-refractivity contribution in [3.8, 4) is 0 Å². The van der Waals surface area contributed by atoms with Gasteiger partial charge < -0.3 is 9.88 Å². The highest BCUT2D eigenvalue weighted by atomic mass is 16.2. The van der Waals surface area contributed by atoms with Gasteiger partial charge in [0.15, 0.2) is 0 Å². The minimum atomic E-state index is 0.261. The van der Waals surface area contributed by atoms with Crippen molar-refractivity contribution in [2.24, 2.45) is 0 Å². The normalized spacial score (nSPS) is 18.6. The summed E-state index contributed by atoms with van der Waals surface area (Å²) in [6.07, 6.45) is 4.65. The largest absolute Gasteiger partial charge is 0.353 e. The molecule has 0 unspecified atom stereocenters. The minimum absolute atomic E-state index is 0.261. The molecule has 2 aromatic rings. The second-order valence-corrected chi connectivity index (χ2v) is 4.95. The molecule has 18 heavy (non-hydrogen) atoms. The van der Waals surface area contributed by atoms with Crippen molar-refractivity contribution < 1.29 is 4.79 Å². The zero-order chi connectivity index (χ0) is 12.1. The second kappa shape index (κ2) is 3.48. The Balaban J connectivity index is 1.98. The Morgan fingerprint density at radius 2 is 2.06 bits per heavy atom. The number of aromatic amines is 1. The first-order chi connectivity index (χ1) is 8.84. The van der Waals surface area contributed by atoms with Crippen LogP contribution < -0.4 is 0 Å². The van der Waals surface area contributed by atoms with E-state index in [0.29, 0.717) is 6.42 Å². The summed E-state index contributed by atoms with van der Waals surface area (Å²) in [7, 11) is 0. The van der Waals surface area contributed by atoms with Gasteiger partial charge in [-0.25, -0.2) is 0 Å². The van der Waals surface area contributed by atoms with Crippen LogP contribution in [0.1, 0.15) is 24.1 Å². The molecule has 90 valence electrons. The number of amides is 1. The smallest absolute Gasteiger partial charge is 0.227 e. The molecule has 3 heterocycles. The van der Waals surface area contributed by atoms with E-state index in [1.807, 2.05) is 11.0 Å². The quantitative estimate of drug-likeness (QED) is 0.752. The molecule has 0 spiro atoms. The molecular weight excluding hydrogens is 224 g/mol. The highest BCUT2D eigenvalue weighted by molar-refractivity contribution is 5.95. The van der Waals surface area contributed by atoms with Crippen LogP contribution in [0.5, 0.6) is 0 Å². The molecule has 0 atom stereocenters. The van der Waals surface area contributed by atoms with Crippen molar-refractivity contribution in [2.45, 2.75) is 19.3 Å². The number of rotatable bonds is 0. The van der Waals surface area contributed by atoms with Gasteiger partial charge in [0.1, 0.15) is 0 Å². The number of carbonyl (C=O) groups excluding carboxylic acids is 1. The van der Waals surface area contributed by atoms with Gasteiger partial charge in [-0.2, -0.15) is 0 Å². The molecule has 0 radical (unpaired) electrons. The molecule has 0 bridgehead atoms. The standard InChI is InChI=1S/C15H14N2O/c18-14-7-3-6-13-15-11(8-9-17(13)14)10-4-1-2-5-12(10)16-15/h1-2,4-6,16H,3,7-9H2. The molecule has 0 saturated carbocycles. The molecule has 1 amide bonds. The van der Waals surface area contributed by atoms with Gasteiger partial charge in [-0.15, -0.1) is 0 Å². The molecule has 1 N–H and O–H groups in total. The topological polar surface area (TPSA) is 36.1 Å². The minimum Gasteiger partial charge on any atom is -0.353 e. The summed E-state index contributed by atoms with van der Waals surface area (Å²) in [5.41, 5.74) is 4.77. The predicted molar refractivity (Wildman–Crippen MR) is 70.9 cm³/mol. The third-order valence-corrected chi connectivity index (χ3v) is 3.94. The SMILES string of the molecule is O=C1CCC=C2c3[nH]c4ccccc4c3CCN12. The van der Waals surface area contributed by atoms with Crippen molar-refractivity contribution >= 4 is 22.5 Å². The lowest BCUT2D eigenvalue weighted by Crippen LogP contribution is -2.36. The molecule has 0 fully saturated rings. The molecular formula is C15H14N2O. The van der Waals surface area contributed by atoms with Gasteiger partial charge in [-0.1, -0.05) is 24.3 Å². The lowest BCUT2D eigenvalue weighted by Gasteiger charge is -2.32. The summed E-state index contributed by atoms with van der Waals surface area (Å²) >= 11 is 0. The van der Waals surface area contributed by atoms with Crippen molar-refractivity contribution in [1.82, 2.24) is 9.88 Å². The Morgan fingerprint density at radius 3 is 3.00 bits per heavy atom. The number of aromatic nitrogens is 1. The monoisotopic (exact) mass is 238 g/mol. The van der Waals surface area contributed by atoms with Crippen LogP contribution in [-0.4, -0.2) is 22.3 Å². The van der Waals surface area contributed by atoms with Crippen LogP contribution in [0.2, 0.25) is 0 Å². The van der Waals surface area contributed by atoms with E-state index in [0.717, 1.165) is 30.8 Å². The van der Waals surface area contributed by atoms with Gasteiger partial charge in [0, 0.05) is 23.9 Å². The second-order valence-electron chi connectivity index (χ2n) is 4.95. The predicted octanol–water partition coefficient (Wildman–Crippen LogP) is 2.69. The Kier molecular flexibility index (Phi) is 1.92. The number of nitrogens with one attached hydrogen (secondary N) is 1. The van der Waals surface area contributed by atoms with Crippen LogP contribution in [0, 0.1) is 0 Å². The van der Waals surface area contributed by atoms with Crippen LogP contribution in [0.25, 0.3) is 16.6 Å². The number of carbonyl (C=O) groups is 1. The fourth-order valence-electron chi connectivity index (χ4n) is 3.10. The number of hydrogen-bond acceptors (Lipinski definition) is 1. The first-order valence-corrected chi connectivity index (χ1v) is 6.45. The lowest BCUT2D eigenvalue weighted by atomic mass is 9.97. The Bertz CT molecular complexity index is 681. The molecule has 3 heteroatoms. The summed E-state index contributed by atoms with van der Waals surface area (Å²) < 4.78 is 0. The van der Waals surface area contributed by atoms with Gasteiger partial charge in [0.25, 0.3) is 0 Å². The maximum Gasteiger partial charge on any atom is 0.227 e. The van der Waals surface area contributed by atoms with Crippen molar-refractivity contribution in [3.63, 3.8) is 0 Å². The van der Waals surface area contributed by atoms with E-state index >= 15 is 0 Å². The van der Waals surface area contributed by atoms with E-state index in [1.165, 1.54) is 16.5 Å². The van der Waals surface area contributed by atoms with Crippen LogP contribution in [0.4, 0.5) is 0 Å². The van der Waals surface area contributed by atoms with E-state index in [4.69, 9.17) is 0 Å². The van der Waals surface area contributed by atoms with Crippen molar-refractivity contribution in [3.05, 3.63) is 41.6 Å². The molecule has 3 nitrogen and oxygen atoms in total. The number of H-pyrrole nitrogens is 1. The van der Waals surface area contributed by atoms with Crippen LogP contribution in [-0.2, 0) is 11.2 Å². The highest BCUT2D eigenvalue weighted by Gasteiger charge is 2.30. The maximum atomic E-state index is 11.9. The number of nitrogens with zero attached hydrogens (tertiary/aromatic N) is 1. The number of benzene rings is 1. The van der Waals surface area contributed by atoms with E-state index in [1.54, 1.807) is 0 Å².